The highest BCUT2D eigenvalue weighted by Gasteiger charge is 2.16. The van der Waals surface area contributed by atoms with Crippen LogP contribution in [0, 0.1) is 0 Å². The minimum atomic E-state index is -3.52. The molecule has 0 aliphatic heterocycles. The number of benzene rings is 1. The molecule has 2 N–H and O–H groups in total. The fourth-order valence-corrected chi connectivity index (χ4v) is 2.75. The van der Waals surface area contributed by atoms with Crippen LogP contribution in [0.2, 0.25) is 0 Å². The van der Waals surface area contributed by atoms with Crippen molar-refractivity contribution in [3.8, 4) is 0 Å². The molecule has 2 aromatic rings. The van der Waals surface area contributed by atoms with Gasteiger partial charge in [-0.25, -0.2) is 13.1 Å². The van der Waals surface area contributed by atoms with Crippen LogP contribution in [-0.2, 0) is 16.6 Å². The van der Waals surface area contributed by atoms with Crippen LogP contribution in [0.3, 0.4) is 0 Å². The van der Waals surface area contributed by atoms with E-state index in [1.54, 1.807) is 6.07 Å². The van der Waals surface area contributed by atoms with Crippen LogP contribution in [0.25, 0.3) is 0 Å². The van der Waals surface area contributed by atoms with Crippen LogP contribution in [0.5, 0.6) is 0 Å². The lowest BCUT2D eigenvalue weighted by Crippen LogP contribution is -2.18. The minimum absolute atomic E-state index is 0.0712. The Kier molecular flexibility index (Phi) is 5.21. The lowest BCUT2D eigenvalue weighted by atomic mass is 10.1. The Hall–Kier alpha value is -1.15. The number of hydrogen-bond donors (Lipinski definition) is 2. The standard InChI is InChI=1S/C14H17BrN2O3S/c1-10(11-3-5-12(15)6-4-11)17-9-13-7-8-14(20-13)21(18,19)16-2/h3-8,10,16-17H,9H2,1-2H3/t10-/m1/s1. The first-order valence-corrected chi connectivity index (χ1v) is 8.71. The summed E-state index contributed by atoms with van der Waals surface area (Å²) in [6, 6.07) is 11.3. The fourth-order valence-electron chi connectivity index (χ4n) is 1.82. The predicted octanol–water partition coefficient (Wildman–Crippen LogP) is 2.80. The van der Waals surface area contributed by atoms with Crippen molar-refractivity contribution in [3.63, 3.8) is 0 Å². The number of halogens is 1. The molecule has 0 bridgehead atoms. The van der Waals surface area contributed by atoms with Crippen molar-refractivity contribution in [2.45, 2.75) is 24.6 Å². The summed E-state index contributed by atoms with van der Waals surface area (Å²) in [5, 5.41) is 3.22. The summed E-state index contributed by atoms with van der Waals surface area (Å²) in [5.74, 6) is 0.577. The van der Waals surface area contributed by atoms with E-state index in [0.717, 1.165) is 10.0 Å². The van der Waals surface area contributed by atoms with Crippen LogP contribution in [-0.4, -0.2) is 15.5 Å². The molecule has 1 atom stereocenters. The molecule has 0 fully saturated rings. The zero-order chi connectivity index (χ0) is 15.5. The van der Waals surface area contributed by atoms with Crippen molar-refractivity contribution in [2.75, 3.05) is 7.05 Å². The maximum absolute atomic E-state index is 11.6. The smallest absolute Gasteiger partial charge is 0.273 e. The van der Waals surface area contributed by atoms with Crippen LogP contribution < -0.4 is 10.0 Å². The van der Waals surface area contributed by atoms with E-state index in [-0.39, 0.29) is 11.1 Å². The zero-order valence-electron chi connectivity index (χ0n) is 11.8. The summed E-state index contributed by atoms with van der Waals surface area (Å²) >= 11 is 3.40. The van der Waals surface area contributed by atoms with Crippen molar-refractivity contribution in [1.82, 2.24) is 10.0 Å². The molecular formula is C14H17BrN2O3S. The van der Waals surface area contributed by atoms with Crippen molar-refractivity contribution in [1.29, 1.82) is 0 Å². The van der Waals surface area contributed by atoms with Gasteiger partial charge in [0, 0.05) is 10.5 Å². The van der Waals surface area contributed by atoms with Gasteiger partial charge >= 0.3 is 0 Å². The van der Waals surface area contributed by atoms with Gasteiger partial charge in [0.05, 0.1) is 6.54 Å². The molecule has 0 saturated heterocycles. The van der Waals surface area contributed by atoms with Gasteiger partial charge in [-0.2, -0.15) is 0 Å². The first kappa shape index (κ1) is 16.2. The summed E-state index contributed by atoms with van der Waals surface area (Å²) in [7, 11) is -2.17. The van der Waals surface area contributed by atoms with Gasteiger partial charge < -0.3 is 9.73 Å². The maximum Gasteiger partial charge on any atom is 0.273 e. The van der Waals surface area contributed by atoms with E-state index in [4.69, 9.17) is 4.42 Å². The van der Waals surface area contributed by atoms with Crippen molar-refractivity contribution in [2.24, 2.45) is 0 Å². The van der Waals surface area contributed by atoms with E-state index in [0.29, 0.717) is 12.3 Å². The summed E-state index contributed by atoms with van der Waals surface area (Å²) < 4.78 is 31.7. The van der Waals surface area contributed by atoms with Crippen LogP contribution >= 0.6 is 15.9 Å². The fraction of sp³-hybridized carbons (Fsp3) is 0.286. The maximum atomic E-state index is 11.6. The van der Waals surface area contributed by atoms with E-state index in [9.17, 15) is 8.42 Å². The summed E-state index contributed by atoms with van der Waals surface area (Å²) in [6.45, 7) is 2.49. The molecule has 1 aromatic carbocycles. The molecule has 0 unspecified atom stereocenters. The molecule has 0 saturated carbocycles. The largest absolute Gasteiger partial charge is 0.447 e. The average molecular weight is 373 g/mol. The first-order valence-electron chi connectivity index (χ1n) is 6.43. The predicted molar refractivity (Wildman–Crippen MR) is 84.4 cm³/mol. The van der Waals surface area contributed by atoms with Gasteiger partial charge in [0.1, 0.15) is 5.76 Å². The van der Waals surface area contributed by atoms with E-state index in [1.807, 2.05) is 31.2 Å². The Morgan fingerprint density at radius 3 is 2.48 bits per heavy atom. The summed E-state index contributed by atoms with van der Waals surface area (Å²) in [6.07, 6.45) is 0. The van der Waals surface area contributed by atoms with Gasteiger partial charge in [-0.3, -0.25) is 0 Å². The quantitative estimate of drug-likeness (QED) is 0.817. The number of hydrogen-bond acceptors (Lipinski definition) is 4. The molecule has 114 valence electrons. The molecule has 21 heavy (non-hydrogen) atoms. The SMILES string of the molecule is CNS(=O)(=O)c1ccc(CN[C@H](C)c2ccc(Br)cc2)o1. The second-order valence-electron chi connectivity index (χ2n) is 4.58. The Morgan fingerprint density at radius 1 is 1.19 bits per heavy atom. The molecular weight excluding hydrogens is 356 g/mol. The number of rotatable bonds is 6. The van der Waals surface area contributed by atoms with Gasteiger partial charge in [-0.15, -0.1) is 0 Å². The lowest BCUT2D eigenvalue weighted by Gasteiger charge is -2.13. The average Bonchev–Trinajstić information content (AvgIpc) is 2.95. The summed E-state index contributed by atoms with van der Waals surface area (Å²) in [4.78, 5) is 0. The molecule has 0 radical (unpaired) electrons. The summed E-state index contributed by atoms with van der Waals surface area (Å²) in [5.41, 5.74) is 1.15. The van der Waals surface area contributed by atoms with E-state index >= 15 is 0 Å². The third kappa shape index (κ3) is 4.16. The molecule has 0 spiro atoms. The Bertz CT molecular complexity index is 695. The van der Waals surface area contributed by atoms with Crippen molar-refractivity contribution >= 4 is 26.0 Å². The van der Waals surface area contributed by atoms with Gasteiger partial charge in [0.15, 0.2) is 0 Å². The molecule has 2 rings (SSSR count). The number of nitrogens with one attached hydrogen (secondary N) is 2. The van der Waals surface area contributed by atoms with Crippen molar-refractivity contribution < 1.29 is 12.8 Å². The second kappa shape index (κ2) is 6.74. The normalized spacial score (nSPS) is 13.3. The van der Waals surface area contributed by atoms with Gasteiger partial charge in [0.2, 0.25) is 5.09 Å². The number of sulfonamides is 1. The lowest BCUT2D eigenvalue weighted by molar-refractivity contribution is 0.392. The number of furan rings is 1. The molecule has 0 aliphatic rings. The molecule has 1 heterocycles. The Balaban J connectivity index is 1.99. The highest BCUT2D eigenvalue weighted by molar-refractivity contribution is 9.10. The van der Waals surface area contributed by atoms with Gasteiger partial charge in [-0.1, -0.05) is 28.1 Å². The third-order valence-electron chi connectivity index (χ3n) is 3.12. The second-order valence-corrected chi connectivity index (χ2v) is 7.32. The van der Waals surface area contributed by atoms with Gasteiger partial charge in [-0.05, 0) is 43.8 Å². The van der Waals surface area contributed by atoms with E-state index in [2.05, 4.69) is 26.0 Å². The molecule has 1 aromatic heterocycles. The zero-order valence-corrected chi connectivity index (χ0v) is 14.2. The van der Waals surface area contributed by atoms with Crippen LogP contribution in [0.15, 0.2) is 50.4 Å². The van der Waals surface area contributed by atoms with Crippen LogP contribution in [0.1, 0.15) is 24.3 Å². The van der Waals surface area contributed by atoms with E-state index in [1.165, 1.54) is 13.1 Å². The molecule has 0 aliphatic carbocycles. The monoisotopic (exact) mass is 372 g/mol. The topological polar surface area (TPSA) is 71.3 Å². The Labute approximate surface area is 132 Å². The first-order chi connectivity index (χ1) is 9.92. The van der Waals surface area contributed by atoms with Crippen LogP contribution in [0.4, 0.5) is 0 Å². The molecule has 5 nitrogen and oxygen atoms in total. The molecule has 7 heteroatoms. The highest BCUT2D eigenvalue weighted by Crippen LogP contribution is 2.18. The molecule has 0 amide bonds. The van der Waals surface area contributed by atoms with Crippen molar-refractivity contribution in [3.05, 3.63) is 52.2 Å². The minimum Gasteiger partial charge on any atom is -0.447 e. The van der Waals surface area contributed by atoms with E-state index < -0.39 is 10.0 Å². The third-order valence-corrected chi connectivity index (χ3v) is 4.94. The van der Waals surface area contributed by atoms with Gasteiger partial charge in [0.25, 0.3) is 10.0 Å². The Morgan fingerprint density at radius 2 is 1.86 bits per heavy atom. The highest BCUT2D eigenvalue weighted by atomic mass is 79.9.